The van der Waals surface area contributed by atoms with Gasteiger partial charge in [0.1, 0.15) is 5.78 Å². The number of hydrogen-bond donors (Lipinski definition) is 1. The van der Waals surface area contributed by atoms with Crippen LogP contribution < -0.4 is 0 Å². The van der Waals surface area contributed by atoms with Crippen molar-refractivity contribution in [1.29, 1.82) is 0 Å². The lowest BCUT2D eigenvalue weighted by Gasteiger charge is -2.26. The zero-order valence-electron chi connectivity index (χ0n) is 14.4. The second-order valence-corrected chi connectivity index (χ2v) is 5.85. The Morgan fingerprint density at radius 2 is 1.87 bits per heavy atom. The van der Waals surface area contributed by atoms with Gasteiger partial charge in [-0.1, -0.05) is 33.8 Å². The molecule has 5 nitrogen and oxygen atoms in total. The molecule has 0 fully saturated rings. The molecule has 1 aliphatic rings. The van der Waals surface area contributed by atoms with Gasteiger partial charge in [-0.3, -0.25) is 9.59 Å². The normalized spacial score (nSPS) is 16.0. The molecular formula is C18H25NO4. The molecule has 0 aliphatic carbocycles. The lowest BCUT2D eigenvalue weighted by atomic mass is 9.95. The molecule has 1 aromatic carbocycles. The third-order valence-corrected chi connectivity index (χ3v) is 3.58. The first kappa shape index (κ1) is 18.9. The van der Waals surface area contributed by atoms with E-state index in [2.05, 4.69) is 0 Å². The first-order chi connectivity index (χ1) is 10.8. The molecule has 0 aromatic heterocycles. The molecular weight excluding hydrogens is 294 g/mol. The van der Waals surface area contributed by atoms with Gasteiger partial charge in [-0.25, -0.2) is 4.79 Å². The molecule has 1 N–H and O–H groups in total. The largest absolute Gasteiger partial charge is 0.478 e. The van der Waals surface area contributed by atoms with Crippen molar-refractivity contribution in [1.82, 2.24) is 4.90 Å². The molecule has 0 saturated heterocycles. The maximum Gasteiger partial charge on any atom is 0.336 e. The predicted molar refractivity (Wildman–Crippen MR) is 88.7 cm³/mol. The molecule has 0 spiro atoms. The monoisotopic (exact) mass is 319 g/mol. The number of carboxylic acid groups (broad SMARTS) is 1. The van der Waals surface area contributed by atoms with Gasteiger partial charge < -0.3 is 10.0 Å². The van der Waals surface area contributed by atoms with Crippen LogP contribution in [0.5, 0.6) is 0 Å². The first-order valence-electron chi connectivity index (χ1n) is 7.99. The number of benzene rings is 1. The minimum atomic E-state index is -1.07. The summed E-state index contributed by atoms with van der Waals surface area (Å²) in [5.41, 5.74) is 0.992. The van der Waals surface area contributed by atoms with E-state index in [0.717, 1.165) is 0 Å². The van der Waals surface area contributed by atoms with E-state index < -0.39 is 12.0 Å². The second kappa shape index (κ2) is 7.90. The highest BCUT2D eigenvalue weighted by atomic mass is 16.4. The quantitative estimate of drug-likeness (QED) is 0.900. The highest BCUT2D eigenvalue weighted by molar-refractivity contribution is 6.04. The van der Waals surface area contributed by atoms with Gasteiger partial charge in [0.05, 0.1) is 11.6 Å². The number of rotatable bonds is 5. The molecule has 1 aromatic rings. The van der Waals surface area contributed by atoms with Gasteiger partial charge >= 0.3 is 5.97 Å². The van der Waals surface area contributed by atoms with Gasteiger partial charge in [0.25, 0.3) is 5.91 Å². The molecule has 23 heavy (non-hydrogen) atoms. The van der Waals surface area contributed by atoms with Crippen LogP contribution in [0.2, 0.25) is 0 Å². The Hall–Kier alpha value is -2.17. The summed E-state index contributed by atoms with van der Waals surface area (Å²) in [6.07, 6.45) is 0.149. The molecule has 1 amide bonds. The second-order valence-electron chi connectivity index (χ2n) is 5.85. The van der Waals surface area contributed by atoms with Gasteiger partial charge in [0.2, 0.25) is 0 Å². The average Bonchev–Trinajstić information content (AvgIpc) is 2.74. The summed E-state index contributed by atoms with van der Waals surface area (Å²) in [5, 5.41) is 9.34. The standard InChI is InChI=1S/C16H19NO4.C2H6/c1-9(2)8-17-13(7-10(3)18)14-11(15(17)19)5-4-6-12(14)16(20)21;1-2/h4-6,9,13H,7-8H2,1-3H3,(H,20,21);1-2H3. The van der Waals surface area contributed by atoms with E-state index in [9.17, 15) is 19.5 Å². The maximum absolute atomic E-state index is 12.5. The highest BCUT2D eigenvalue weighted by Gasteiger charge is 2.40. The lowest BCUT2D eigenvalue weighted by molar-refractivity contribution is -0.118. The van der Waals surface area contributed by atoms with E-state index in [4.69, 9.17) is 0 Å². The maximum atomic E-state index is 12.5. The Balaban J connectivity index is 0.00000127. The molecule has 5 heteroatoms. The Morgan fingerprint density at radius 1 is 1.26 bits per heavy atom. The van der Waals surface area contributed by atoms with Gasteiger partial charge in [0, 0.05) is 24.1 Å². The minimum absolute atomic E-state index is 0.0606. The fraction of sp³-hybridized carbons (Fsp3) is 0.500. The van der Waals surface area contributed by atoms with E-state index in [0.29, 0.717) is 17.7 Å². The summed E-state index contributed by atoms with van der Waals surface area (Å²) < 4.78 is 0. The van der Waals surface area contributed by atoms with E-state index in [1.807, 2.05) is 27.7 Å². The summed E-state index contributed by atoms with van der Waals surface area (Å²) in [6, 6.07) is 4.22. The van der Waals surface area contributed by atoms with E-state index in [1.54, 1.807) is 17.0 Å². The zero-order chi connectivity index (χ0) is 17.7. The fourth-order valence-electron chi connectivity index (χ4n) is 2.84. The number of carbonyl (C=O) groups excluding carboxylic acids is 2. The molecule has 0 saturated carbocycles. The average molecular weight is 319 g/mol. The number of nitrogens with zero attached hydrogens (tertiary/aromatic N) is 1. The van der Waals surface area contributed by atoms with Crippen LogP contribution in [-0.4, -0.2) is 34.2 Å². The fourth-order valence-corrected chi connectivity index (χ4v) is 2.84. The number of carbonyl (C=O) groups is 3. The van der Waals surface area contributed by atoms with Crippen molar-refractivity contribution in [2.24, 2.45) is 5.92 Å². The number of carboxylic acids is 1. The van der Waals surface area contributed by atoms with Crippen LogP contribution in [0.25, 0.3) is 0 Å². The van der Waals surface area contributed by atoms with E-state index in [-0.39, 0.29) is 29.6 Å². The first-order valence-corrected chi connectivity index (χ1v) is 7.99. The predicted octanol–water partition coefficient (Wildman–Crippen LogP) is 3.54. The molecule has 1 aliphatic heterocycles. The molecule has 1 unspecified atom stereocenters. The van der Waals surface area contributed by atoms with Crippen LogP contribution in [0.4, 0.5) is 0 Å². The minimum Gasteiger partial charge on any atom is -0.478 e. The van der Waals surface area contributed by atoms with Gasteiger partial charge in [-0.05, 0) is 25.0 Å². The summed E-state index contributed by atoms with van der Waals surface area (Å²) >= 11 is 0. The molecule has 2 rings (SSSR count). The van der Waals surface area contributed by atoms with Gasteiger partial charge in [-0.15, -0.1) is 0 Å². The van der Waals surface area contributed by atoms with Crippen LogP contribution in [0, 0.1) is 5.92 Å². The Morgan fingerprint density at radius 3 is 2.35 bits per heavy atom. The van der Waals surface area contributed by atoms with Crippen LogP contribution >= 0.6 is 0 Å². The van der Waals surface area contributed by atoms with Gasteiger partial charge in [-0.2, -0.15) is 0 Å². The molecule has 1 atom stereocenters. The Bertz CT molecular complexity index is 607. The van der Waals surface area contributed by atoms with Crippen molar-refractivity contribution in [3.05, 3.63) is 34.9 Å². The number of amides is 1. The summed E-state index contributed by atoms with van der Waals surface area (Å²) in [6.45, 7) is 9.93. The number of aromatic carboxylic acids is 1. The van der Waals surface area contributed by atoms with Crippen molar-refractivity contribution in [3.63, 3.8) is 0 Å². The zero-order valence-corrected chi connectivity index (χ0v) is 14.4. The molecule has 126 valence electrons. The summed E-state index contributed by atoms with van der Waals surface area (Å²) in [5.74, 6) is -1.08. The van der Waals surface area contributed by atoms with Crippen molar-refractivity contribution in [2.45, 2.75) is 47.1 Å². The number of hydrogen-bond acceptors (Lipinski definition) is 3. The van der Waals surface area contributed by atoms with Gasteiger partial charge in [0.15, 0.2) is 0 Å². The number of ketones is 1. The summed E-state index contributed by atoms with van der Waals surface area (Å²) in [7, 11) is 0. The molecule has 0 radical (unpaired) electrons. The third kappa shape index (κ3) is 3.97. The molecule has 0 bridgehead atoms. The SMILES string of the molecule is CC.CC(=O)CC1c2c(C(=O)O)cccc2C(=O)N1CC(C)C. The van der Waals surface area contributed by atoms with E-state index in [1.165, 1.54) is 13.0 Å². The number of fused-ring (bicyclic) bond motifs is 1. The molecule has 1 heterocycles. The van der Waals surface area contributed by atoms with Crippen LogP contribution in [-0.2, 0) is 4.79 Å². The van der Waals surface area contributed by atoms with Crippen molar-refractivity contribution in [2.75, 3.05) is 6.54 Å². The topological polar surface area (TPSA) is 74.7 Å². The highest BCUT2D eigenvalue weighted by Crippen LogP contribution is 2.38. The Labute approximate surface area is 137 Å². The summed E-state index contributed by atoms with van der Waals surface area (Å²) in [4.78, 5) is 37.1. The number of Topliss-reactive ketones (excluding diaryl/α,β-unsaturated/α-hetero) is 1. The smallest absolute Gasteiger partial charge is 0.336 e. The van der Waals surface area contributed by atoms with Crippen LogP contribution in [0.3, 0.4) is 0 Å². The van der Waals surface area contributed by atoms with Crippen molar-refractivity contribution >= 4 is 17.7 Å². The van der Waals surface area contributed by atoms with Crippen molar-refractivity contribution in [3.8, 4) is 0 Å². The third-order valence-electron chi connectivity index (χ3n) is 3.58. The van der Waals surface area contributed by atoms with Crippen molar-refractivity contribution < 1.29 is 19.5 Å². The Kier molecular flexibility index (Phi) is 6.49. The lowest BCUT2D eigenvalue weighted by Crippen LogP contribution is -2.32. The van der Waals surface area contributed by atoms with Crippen LogP contribution in [0.1, 0.15) is 73.4 Å². The van der Waals surface area contributed by atoms with Crippen LogP contribution in [0.15, 0.2) is 18.2 Å². The van der Waals surface area contributed by atoms with E-state index >= 15 is 0 Å².